The Morgan fingerprint density at radius 3 is 2.66 bits per heavy atom. The normalized spacial score (nSPS) is 11.2. The Morgan fingerprint density at radius 2 is 1.97 bits per heavy atom. The minimum Gasteiger partial charge on any atom is -0.351 e. The molecule has 0 saturated heterocycles. The van der Waals surface area contributed by atoms with Crippen LogP contribution in [0.25, 0.3) is 11.0 Å². The first-order valence-corrected chi connectivity index (χ1v) is 12.3. The molecule has 0 aliphatic rings. The zero-order valence-corrected chi connectivity index (χ0v) is 19.9. The summed E-state index contributed by atoms with van der Waals surface area (Å²) in [6, 6.07) is 12.0. The molecule has 0 unspecified atom stereocenters. The second-order valence-corrected chi connectivity index (χ2v) is 9.49. The van der Waals surface area contributed by atoms with E-state index < -0.39 is 0 Å². The number of carbonyl (C=O) groups is 1. The summed E-state index contributed by atoms with van der Waals surface area (Å²) in [5.74, 6) is 0.0726. The van der Waals surface area contributed by atoms with Gasteiger partial charge in [-0.3, -0.25) is 18.8 Å². The van der Waals surface area contributed by atoms with Crippen molar-refractivity contribution in [3.63, 3.8) is 0 Å². The van der Waals surface area contributed by atoms with Gasteiger partial charge in [-0.2, -0.15) is 5.10 Å². The first-order valence-electron chi connectivity index (χ1n) is 10.4. The maximum atomic E-state index is 13.4. The van der Waals surface area contributed by atoms with Crippen LogP contribution in [0.3, 0.4) is 0 Å². The van der Waals surface area contributed by atoms with Crippen LogP contribution in [0.2, 0.25) is 0 Å². The van der Waals surface area contributed by atoms with Crippen molar-refractivity contribution in [2.24, 2.45) is 0 Å². The number of aryl methyl sites for hydroxylation is 3. The Morgan fingerprint density at radius 1 is 1.19 bits per heavy atom. The Kier molecular flexibility index (Phi) is 6.76. The fourth-order valence-corrected chi connectivity index (χ4v) is 4.93. The molecule has 4 rings (SSSR count). The van der Waals surface area contributed by atoms with E-state index in [1.807, 2.05) is 62.5 Å². The van der Waals surface area contributed by atoms with Crippen molar-refractivity contribution in [1.29, 1.82) is 0 Å². The van der Waals surface area contributed by atoms with Crippen molar-refractivity contribution in [1.82, 2.24) is 24.6 Å². The highest BCUT2D eigenvalue weighted by molar-refractivity contribution is 7.99. The minimum atomic E-state index is -0.131. The molecule has 0 bridgehead atoms. The fraction of sp³-hybridized carbons (Fsp3) is 0.304. The van der Waals surface area contributed by atoms with Gasteiger partial charge in [0.1, 0.15) is 5.52 Å². The first-order chi connectivity index (χ1) is 15.5. The van der Waals surface area contributed by atoms with Crippen LogP contribution in [0.15, 0.2) is 51.7 Å². The number of nitrogens with zero attached hydrogens (tertiary/aromatic N) is 4. The second-order valence-electron chi connectivity index (χ2n) is 7.51. The summed E-state index contributed by atoms with van der Waals surface area (Å²) in [6.07, 6.45) is 0. The zero-order valence-electron chi connectivity index (χ0n) is 18.3. The third kappa shape index (κ3) is 4.78. The van der Waals surface area contributed by atoms with E-state index >= 15 is 0 Å². The van der Waals surface area contributed by atoms with Crippen molar-refractivity contribution in [3.05, 3.63) is 73.8 Å². The summed E-state index contributed by atoms with van der Waals surface area (Å²) in [7, 11) is 0. The van der Waals surface area contributed by atoms with Crippen LogP contribution in [0, 0.1) is 13.8 Å². The molecule has 4 aromatic rings. The third-order valence-corrected chi connectivity index (χ3v) is 6.96. The van der Waals surface area contributed by atoms with Crippen LogP contribution in [-0.2, 0) is 24.4 Å². The Bertz CT molecular complexity index is 1290. The molecule has 1 N–H and O–H groups in total. The van der Waals surface area contributed by atoms with E-state index in [1.165, 1.54) is 17.3 Å². The highest BCUT2D eigenvalue weighted by Crippen LogP contribution is 2.22. The predicted octanol–water partition coefficient (Wildman–Crippen LogP) is 3.75. The molecule has 9 heteroatoms. The SMILES string of the molecule is CCn1nc(C)c2nc(SCC(=O)NCc3ccc(C)cc3)n(Cc3cccs3)c(=O)c21. The predicted molar refractivity (Wildman–Crippen MR) is 129 cm³/mol. The fourth-order valence-electron chi connectivity index (χ4n) is 3.41. The van der Waals surface area contributed by atoms with E-state index in [4.69, 9.17) is 4.98 Å². The molecule has 3 heterocycles. The van der Waals surface area contributed by atoms with Crippen LogP contribution in [-0.4, -0.2) is 31.0 Å². The lowest BCUT2D eigenvalue weighted by Gasteiger charge is -2.12. The largest absolute Gasteiger partial charge is 0.351 e. The van der Waals surface area contributed by atoms with Gasteiger partial charge in [-0.25, -0.2) is 4.98 Å². The molecular weight excluding hydrogens is 442 g/mol. The third-order valence-electron chi connectivity index (χ3n) is 5.12. The van der Waals surface area contributed by atoms with E-state index in [0.717, 1.165) is 10.4 Å². The van der Waals surface area contributed by atoms with Gasteiger partial charge in [-0.05, 0) is 37.8 Å². The molecule has 0 saturated carbocycles. The average Bonchev–Trinajstić information content (AvgIpc) is 3.41. The summed E-state index contributed by atoms with van der Waals surface area (Å²) >= 11 is 2.86. The lowest BCUT2D eigenvalue weighted by atomic mass is 10.1. The number of thioether (sulfide) groups is 1. The van der Waals surface area contributed by atoms with Crippen molar-refractivity contribution >= 4 is 40.0 Å². The Labute approximate surface area is 194 Å². The maximum Gasteiger partial charge on any atom is 0.280 e. The molecule has 0 radical (unpaired) electrons. The molecular formula is C23H25N5O2S2. The van der Waals surface area contributed by atoms with Crippen molar-refractivity contribution < 1.29 is 4.79 Å². The smallest absolute Gasteiger partial charge is 0.280 e. The first kappa shape index (κ1) is 22.3. The monoisotopic (exact) mass is 467 g/mol. The van der Waals surface area contributed by atoms with Crippen LogP contribution < -0.4 is 10.9 Å². The number of thiophene rings is 1. The van der Waals surface area contributed by atoms with Gasteiger partial charge < -0.3 is 5.32 Å². The van der Waals surface area contributed by atoms with Gasteiger partial charge in [-0.1, -0.05) is 47.7 Å². The highest BCUT2D eigenvalue weighted by Gasteiger charge is 2.19. The zero-order chi connectivity index (χ0) is 22.7. The molecule has 1 amide bonds. The number of hydrogen-bond acceptors (Lipinski definition) is 6. The lowest BCUT2D eigenvalue weighted by molar-refractivity contribution is -0.118. The molecule has 3 aromatic heterocycles. The Hall–Kier alpha value is -2.91. The van der Waals surface area contributed by atoms with Crippen molar-refractivity contribution in [3.8, 4) is 0 Å². The maximum absolute atomic E-state index is 13.4. The minimum absolute atomic E-state index is 0.103. The summed E-state index contributed by atoms with van der Waals surface area (Å²) in [4.78, 5) is 31.7. The quantitative estimate of drug-likeness (QED) is 0.315. The molecule has 7 nitrogen and oxygen atoms in total. The van der Waals surface area contributed by atoms with E-state index in [-0.39, 0.29) is 17.2 Å². The van der Waals surface area contributed by atoms with Gasteiger partial charge >= 0.3 is 0 Å². The summed E-state index contributed by atoms with van der Waals surface area (Å²) in [5, 5.41) is 9.92. The van der Waals surface area contributed by atoms with Crippen LogP contribution >= 0.6 is 23.1 Å². The molecule has 0 fully saturated rings. The molecule has 0 aliphatic carbocycles. The van der Waals surface area contributed by atoms with Gasteiger partial charge in [-0.15, -0.1) is 11.3 Å². The standard InChI is InChI=1S/C23H25N5O2S2/c1-4-28-21-20(16(3)26-28)25-23(27(22(21)30)13-18-6-5-11-31-18)32-14-19(29)24-12-17-9-7-15(2)8-10-17/h5-11H,4,12-14H2,1-3H3,(H,24,29). The van der Waals surface area contributed by atoms with E-state index in [1.54, 1.807) is 20.6 Å². The van der Waals surface area contributed by atoms with E-state index in [0.29, 0.717) is 41.5 Å². The molecule has 32 heavy (non-hydrogen) atoms. The summed E-state index contributed by atoms with van der Waals surface area (Å²) < 4.78 is 3.35. The van der Waals surface area contributed by atoms with Gasteiger partial charge in [0.15, 0.2) is 10.7 Å². The number of nitrogens with one attached hydrogen (secondary N) is 1. The molecule has 0 spiro atoms. The lowest BCUT2D eigenvalue weighted by Crippen LogP contribution is -2.27. The van der Waals surface area contributed by atoms with Crippen molar-refractivity contribution in [2.75, 3.05) is 5.75 Å². The molecule has 1 aromatic carbocycles. The van der Waals surface area contributed by atoms with Crippen molar-refractivity contribution in [2.45, 2.75) is 45.6 Å². The van der Waals surface area contributed by atoms with Crippen LogP contribution in [0.1, 0.15) is 28.6 Å². The number of carbonyl (C=O) groups excluding carboxylic acids is 1. The number of benzene rings is 1. The molecule has 166 valence electrons. The topological polar surface area (TPSA) is 81.8 Å². The van der Waals surface area contributed by atoms with Gasteiger partial charge in [0.25, 0.3) is 5.56 Å². The number of fused-ring (bicyclic) bond motifs is 1. The number of amides is 1. The van der Waals surface area contributed by atoms with Crippen LogP contribution in [0.5, 0.6) is 0 Å². The second kappa shape index (κ2) is 9.70. The van der Waals surface area contributed by atoms with E-state index in [2.05, 4.69) is 10.4 Å². The summed E-state index contributed by atoms with van der Waals surface area (Å²) in [5.41, 5.74) is 3.92. The Balaban J connectivity index is 1.57. The number of aromatic nitrogens is 4. The van der Waals surface area contributed by atoms with Gasteiger partial charge in [0.05, 0.1) is 18.0 Å². The molecule has 0 atom stereocenters. The van der Waals surface area contributed by atoms with Gasteiger partial charge in [0.2, 0.25) is 5.91 Å². The van der Waals surface area contributed by atoms with Gasteiger partial charge in [0, 0.05) is 18.0 Å². The van der Waals surface area contributed by atoms with E-state index in [9.17, 15) is 9.59 Å². The highest BCUT2D eigenvalue weighted by atomic mass is 32.2. The van der Waals surface area contributed by atoms with Crippen LogP contribution in [0.4, 0.5) is 0 Å². The molecule has 0 aliphatic heterocycles. The summed E-state index contributed by atoms with van der Waals surface area (Å²) in [6.45, 7) is 7.32. The number of hydrogen-bond donors (Lipinski definition) is 1. The average molecular weight is 468 g/mol. The number of rotatable bonds is 8.